The highest BCUT2D eigenvalue weighted by molar-refractivity contribution is 7.22. The first-order valence-electron chi connectivity index (χ1n) is 9.70. The second kappa shape index (κ2) is 7.14. The molecule has 1 aliphatic heterocycles. The minimum absolute atomic E-state index is 0.225. The van der Waals surface area contributed by atoms with Gasteiger partial charge in [0.1, 0.15) is 0 Å². The summed E-state index contributed by atoms with van der Waals surface area (Å²) in [5, 5.41) is 3.26. The van der Waals surface area contributed by atoms with Crippen LogP contribution in [-0.2, 0) is 0 Å². The topological polar surface area (TPSA) is 79.4 Å². The maximum atomic E-state index is 13.1. The molecule has 152 valence electrons. The molecule has 0 atom stereocenters. The molecular formula is C24H17N3O3S. The van der Waals surface area contributed by atoms with E-state index in [9.17, 15) is 14.4 Å². The number of fused-ring (bicyclic) bond motifs is 2. The minimum Gasteiger partial charge on any atom is -0.298 e. The Balaban J connectivity index is 1.46. The van der Waals surface area contributed by atoms with Gasteiger partial charge in [-0.3, -0.25) is 19.7 Å². The van der Waals surface area contributed by atoms with Crippen molar-refractivity contribution in [2.45, 2.75) is 13.8 Å². The zero-order valence-corrected chi connectivity index (χ0v) is 17.6. The van der Waals surface area contributed by atoms with Crippen molar-refractivity contribution in [2.75, 3.05) is 10.2 Å². The maximum absolute atomic E-state index is 13.1. The van der Waals surface area contributed by atoms with E-state index in [0.29, 0.717) is 21.9 Å². The summed E-state index contributed by atoms with van der Waals surface area (Å²) in [5.41, 5.74) is 4.04. The molecule has 4 aromatic rings. The van der Waals surface area contributed by atoms with E-state index in [1.807, 2.05) is 50.2 Å². The third kappa shape index (κ3) is 3.10. The van der Waals surface area contributed by atoms with Gasteiger partial charge in [0.15, 0.2) is 5.13 Å². The fraction of sp³-hybridized carbons (Fsp3) is 0.0833. The molecule has 1 aliphatic rings. The molecular weight excluding hydrogens is 410 g/mol. The number of para-hydroxylation sites is 1. The zero-order chi connectivity index (χ0) is 21.7. The van der Waals surface area contributed by atoms with Gasteiger partial charge in [0.05, 0.1) is 27.0 Å². The van der Waals surface area contributed by atoms with Crippen molar-refractivity contribution in [1.82, 2.24) is 4.98 Å². The van der Waals surface area contributed by atoms with Gasteiger partial charge < -0.3 is 0 Å². The van der Waals surface area contributed by atoms with Crippen molar-refractivity contribution < 1.29 is 14.4 Å². The van der Waals surface area contributed by atoms with Gasteiger partial charge >= 0.3 is 0 Å². The lowest BCUT2D eigenvalue weighted by atomic mass is 10.1. The molecule has 5 rings (SSSR count). The Hall–Kier alpha value is -3.84. The van der Waals surface area contributed by atoms with Crippen LogP contribution in [0.3, 0.4) is 0 Å². The number of aromatic nitrogens is 1. The zero-order valence-electron chi connectivity index (χ0n) is 16.8. The summed E-state index contributed by atoms with van der Waals surface area (Å²) in [4.78, 5) is 44.4. The number of thiazole rings is 1. The Morgan fingerprint density at radius 1 is 0.935 bits per heavy atom. The van der Waals surface area contributed by atoms with Crippen LogP contribution in [0.4, 0.5) is 10.8 Å². The number of nitrogens with one attached hydrogen (secondary N) is 1. The van der Waals surface area contributed by atoms with Crippen molar-refractivity contribution in [1.29, 1.82) is 0 Å². The van der Waals surface area contributed by atoms with E-state index in [0.717, 1.165) is 21.3 Å². The number of carbonyl (C=O) groups excluding carboxylic acids is 3. The number of rotatable bonds is 3. The van der Waals surface area contributed by atoms with E-state index in [2.05, 4.69) is 10.3 Å². The van der Waals surface area contributed by atoms with Crippen molar-refractivity contribution in [3.8, 4) is 0 Å². The van der Waals surface area contributed by atoms with Gasteiger partial charge in [-0.15, -0.1) is 0 Å². The summed E-state index contributed by atoms with van der Waals surface area (Å²) in [6, 6.07) is 17.7. The summed E-state index contributed by atoms with van der Waals surface area (Å²) in [6.07, 6.45) is 0. The van der Waals surface area contributed by atoms with E-state index in [4.69, 9.17) is 0 Å². The first-order chi connectivity index (χ1) is 14.9. The monoisotopic (exact) mass is 427 g/mol. The average Bonchev–Trinajstić information content (AvgIpc) is 3.28. The van der Waals surface area contributed by atoms with Crippen LogP contribution in [-0.4, -0.2) is 22.7 Å². The molecule has 0 unspecified atom stereocenters. The van der Waals surface area contributed by atoms with E-state index in [1.165, 1.54) is 28.4 Å². The lowest BCUT2D eigenvalue weighted by Crippen LogP contribution is -2.30. The van der Waals surface area contributed by atoms with Gasteiger partial charge in [0, 0.05) is 5.56 Å². The first kappa shape index (κ1) is 19.1. The Kier molecular flexibility index (Phi) is 4.41. The molecule has 0 fully saturated rings. The SMILES string of the molecule is Cc1cccc(N2C(=O)c3ccc(C(=O)Nc4nc5ccccc5s4)cc3C2=O)c1C. The molecule has 0 aliphatic carbocycles. The highest BCUT2D eigenvalue weighted by Gasteiger charge is 2.38. The predicted molar refractivity (Wildman–Crippen MR) is 121 cm³/mol. The molecule has 1 N–H and O–H groups in total. The van der Waals surface area contributed by atoms with Crippen LogP contribution in [0.5, 0.6) is 0 Å². The highest BCUT2D eigenvalue weighted by Crippen LogP contribution is 2.32. The molecule has 0 radical (unpaired) electrons. The molecule has 3 aromatic carbocycles. The number of carbonyl (C=O) groups is 3. The van der Waals surface area contributed by atoms with Crippen LogP contribution in [0, 0.1) is 13.8 Å². The summed E-state index contributed by atoms with van der Waals surface area (Å²) >= 11 is 1.37. The number of imide groups is 1. The number of benzene rings is 3. The molecule has 3 amide bonds. The van der Waals surface area contributed by atoms with E-state index >= 15 is 0 Å². The lowest BCUT2D eigenvalue weighted by Gasteiger charge is -2.17. The highest BCUT2D eigenvalue weighted by atomic mass is 32.1. The van der Waals surface area contributed by atoms with Crippen molar-refractivity contribution >= 4 is 50.1 Å². The number of anilines is 2. The van der Waals surface area contributed by atoms with E-state index in [1.54, 1.807) is 12.1 Å². The molecule has 0 saturated heterocycles. The van der Waals surface area contributed by atoms with Crippen LogP contribution in [0.2, 0.25) is 0 Å². The van der Waals surface area contributed by atoms with Gasteiger partial charge in [-0.1, -0.05) is 35.6 Å². The summed E-state index contributed by atoms with van der Waals surface area (Å²) in [7, 11) is 0. The maximum Gasteiger partial charge on any atom is 0.266 e. The van der Waals surface area contributed by atoms with Crippen molar-refractivity contribution in [2.24, 2.45) is 0 Å². The second-order valence-electron chi connectivity index (χ2n) is 7.37. The molecule has 0 bridgehead atoms. The standard InChI is InChI=1S/C24H17N3O3S/c1-13-6-5-8-19(14(13)2)27-22(29)16-11-10-15(12-17(16)23(27)30)21(28)26-24-25-18-7-3-4-9-20(18)31-24/h3-12H,1-2H3,(H,25,26,28). The van der Waals surface area contributed by atoms with Crippen LogP contribution < -0.4 is 10.2 Å². The Labute approximate surface area is 182 Å². The van der Waals surface area contributed by atoms with Gasteiger partial charge in [0.2, 0.25) is 0 Å². The fourth-order valence-electron chi connectivity index (χ4n) is 3.67. The quantitative estimate of drug-likeness (QED) is 0.469. The van der Waals surface area contributed by atoms with E-state index < -0.39 is 5.91 Å². The molecule has 0 saturated carbocycles. The number of amides is 3. The van der Waals surface area contributed by atoms with Gasteiger partial charge in [-0.05, 0) is 61.4 Å². The second-order valence-corrected chi connectivity index (χ2v) is 8.40. The largest absolute Gasteiger partial charge is 0.298 e. The first-order valence-corrected chi connectivity index (χ1v) is 10.5. The van der Waals surface area contributed by atoms with Crippen molar-refractivity contribution in [3.63, 3.8) is 0 Å². The molecule has 1 aromatic heterocycles. The Morgan fingerprint density at radius 2 is 1.71 bits per heavy atom. The minimum atomic E-state index is -0.427. The third-order valence-corrected chi connectivity index (χ3v) is 6.43. The molecule has 31 heavy (non-hydrogen) atoms. The smallest absolute Gasteiger partial charge is 0.266 e. The van der Waals surface area contributed by atoms with E-state index in [-0.39, 0.29) is 17.4 Å². The Bertz CT molecular complexity index is 1370. The number of hydrogen-bond donors (Lipinski definition) is 1. The van der Waals surface area contributed by atoms with Crippen LogP contribution in [0.1, 0.15) is 42.2 Å². The summed E-state index contributed by atoms with van der Waals surface area (Å²) in [5.74, 6) is -1.19. The number of aryl methyl sites for hydroxylation is 1. The van der Waals surface area contributed by atoms with Crippen LogP contribution >= 0.6 is 11.3 Å². The number of nitrogens with zero attached hydrogens (tertiary/aromatic N) is 2. The predicted octanol–water partition coefficient (Wildman–Crippen LogP) is 4.97. The van der Waals surface area contributed by atoms with Gasteiger partial charge in [-0.25, -0.2) is 9.88 Å². The molecule has 6 nitrogen and oxygen atoms in total. The Morgan fingerprint density at radius 3 is 2.52 bits per heavy atom. The van der Waals surface area contributed by atoms with Crippen LogP contribution in [0.15, 0.2) is 60.7 Å². The van der Waals surface area contributed by atoms with Crippen molar-refractivity contribution in [3.05, 3.63) is 88.5 Å². The number of hydrogen-bond acceptors (Lipinski definition) is 5. The van der Waals surface area contributed by atoms with Gasteiger partial charge in [-0.2, -0.15) is 0 Å². The molecule has 0 spiro atoms. The fourth-order valence-corrected chi connectivity index (χ4v) is 4.53. The summed E-state index contributed by atoms with van der Waals surface area (Å²) < 4.78 is 0.969. The molecule has 7 heteroatoms. The van der Waals surface area contributed by atoms with Gasteiger partial charge in [0.25, 0.3) is 17.7 Å². The molecule has 2 heterocycles. The van der Waals surface area contributed by atoms with Crippen LogP contribution in [0.25, 0.3) is 10.2 Å². The average molecular weight is 427 g/mol. The lowest BCUT2D eigenvalue weighted by molar-refractivity contribution is 0.0925. The normalized spacial score (nSPS) is 13.0. The summed E-state index contributed by atoms with van der Waals surface area (Å²) in [6.45, 7) is 3.81. The third-order valence-electron chi connectivity index (χ3n) is 5.48.